The van der Waals surface area contributed by atoms with E-state index in [2.05, 4.69) is 10.6 Å². The Hall–Kier alpha value is -2.48. The van der Waals surface area contributed by atoms with Crippen molar-refractivity contribution in [2.24, 2.45) is 0 Å². The lowest BCUT2D eigenvalue weighted by Gasteiger charge is -2.21. The fourth-order valence-electron chi connectivity index (χ4n) is 1.98. The molecule has 0 aliphatic heterocycles. The number of furan rings is 1. The number of carbonyl (C=O) groups excluding carboxylic acids is 1. The van der Waals surface area contributed by atoms with Crippen LogP contribution in [0.2, 0.25) is 0 Å². The van der Waals surface area contributed by atoms with E-state index < -0.39 is 23.4 Å². The summed E-state index contributed by atoms with van der Waals surface area (Å²) in [5.41, 5.74) is -1.59. The zero-order valence-corrected chi connectivity index (χ0v) is 12.9. The molecule has 0 spiro atoms. The fraction of sp³-hybridized carbons (Fsp3) is 0.312. The molecule has 0 saturated heterocycles. The number of amides is 2. The van der Waals surface area contributed by atoms with E-state index in [9.17, 15) is 23.1 Å². The van der Waals surface area contributed by atoms with Crippen molar-refractivity contribution in [1.29, 1.82) is 0 Å². The summed E-state index contributed by atoms with van der Waals surface area (Å²) in [7, 11) is 0. The normalized spacial score (nSPS) is 14.0. The predicted molar refractivity (Wildman–Crippen MR) is 80.0 cm³/mol. The molecule has 2 aromatic rings. The van der Waals surface area contributed by atoms with Crippen LogP contribution in [0.3, 0.4) is 0 Å². The van der Waals surface area contributed by atoms with Gasteiger partial charge in [-0.05, 0) is 36.8 Å². The molecule has 0 fully saturated rings. The summed E-state index contributed by atoms with van der Waals surface area (Å²) < 4.78 is 42.4. The van der Waals surface area contributed by atoms with Crippen molar-refractivity contribution in [3.8, 4) is 0 Å². The van der Waals surface area contributed by atoms with Gasteiger partial charge in [-0.1, -0.05) is 12.1 Å². The maximum atomic E-state index is 12.5. The number of rotatable bonds is 5. The molecule has 5 nitrogen and oxygen atoms in total. The number of aliphatic hydroxyl groups is 1. The summed E-state index contributed by atoms with van der Waals surface area (Å²) in [5, 5.41) is 15.2. The average Bonchev–Trinajstić information content (AvgIpc) is 3.06. The van der Waals surface area contributed by atoms with Crippen LogP contribution in [0, 0.1) is 0 Å². The molecule has 1 atom stereocenters. The molecule has 0 aliphatic rings. The molecule has 1 heterocycles. The smallest absolute Gasteiger partial charge is 0.416 e. The molecule has 2 rings (SSSR count). The van der Waals surface area contributed by atoms with Crippen LogP contribution < -0.4 is 10.6 Å². The molecule has 2 amide bonds. The first kappa shape index (κ1) is 17.9. The van der Waals surface area contributed by atoms with Crippen LogP contribution in [0.5, 0.6) is 0 Å². The second-order valence-electron chi connectivity index (χ2n) is 5.48. The second-order valence-corrected chi connectivity index (χ2v) is 5.48. The lowest BCUT2D eigenvalue weighted by molar-refractivity contribution is -0.137. The van der Waals surface area contributed by atoms with Gasteiger partial charge in [0.15, 0.2) is 0 Å². The standard InChI is InChI=1S/C16H17F3N2O3/c1-15(23,13-3-2-8-24-13)10-21-14(22)20-9-11-4-6-12(7-5-11)16(17,18)19/h2-8,23H,9-10H2,1H3,(H2,20,21,22). The van der Waals surface area contributed by atoms with Gasteiger partial charge >= 0.3 is 12.2 Å². The maximum Gasteiger partial charge on any atom is 0.416 e. The predicted octanol–water partition coefficient (Wildman–Crippen LogP) is 3.01. The highest BCUT2D eigenvalue weighted by Gasteiger charge is 2.30. The fourth-order valence-corrected chi connectivity index (χ4v) is 1.98. The van der Waals surface area contributed by atoms with E-state index in [1.54, 1.807) is 12.1 Å². The highest BCUT2D eigenvalue weighted by molar-refractivity contribution is 5.73. The zero-order valence-electron chi connectivity index (χ0n) is 12.9. The van der Waals surface area contributed by atoms with Crippen molar-refractivity contribution in [1.82, 2.24) is 10.6 Å². The summed E-state index contributed by atoms with van der Waals surface area (Å²) in [6.07, 6.45) is -2.98. The molecule has 1 aromatic heterocycles. The van der Waals surface area contributed by atoms with Gasteiger partial charge in [-0.3, -0.25) is 0 Å². The molecule has 130 valence electrons. The largest absolute Gasteiger partial charge is 0.466 e. The van der Waals surface area contributed by atoms with E-state index in [1.807, 2.05) is 0 Å². The number of hydrogen-bond donors (Lipinski definition) is 3. The highest BCUT2D eigenvalue weighted by atomic mass is 19.4. The lowest BCUT2D eigenvalue weighted by atomic mass is 10.0. The number of nitrogens with one attached hydrogen (secondary N) is 2. The molecule has 8 heteroatoms. The van der Waals surface area contributed by atoms with Crippen LogP contribution in [-0.4, -0.2) is 17.7 Å². The number of halogens is 3. The van der Waals surface area contributed by atoms with E-state index in [0.29, 0.717) is 11.3 Å². The summed E-state index contributed by atoms with van der Waals surface area (Å²) in [5.74, 6) is 0.311. The average molecular weight is 342 g/mol. The van der Waals surface area contributed by atoms with Gasteiger partial charge in [0.2, 0.25) is 0 Å². The third kappa shape index (κ3) is 4.76. The minimum atomic E-state index is -4.39. The Morgan fingerprint density at radius 1 is 1.17 bits per heavy atom. The number of alkyl halides is 3. The van der Waals surface area contributed by atoms with Gasteiger partial charge in [-0.25, -0.2) is 4.79 Å². The first-order valence-corrected chi connectivity index (χ1v) is 7.13. The Morgan fingerprint density at radius 3 is 2.38 bits per heavy atom. The Balaban J connectivity index is 1.81. The van der Waals surface area contributed by atoms with E-state index >= 15 is 0 Å². The van der Waals surface area contributed by atoms with Crippen LogP contribution >= 0.6 is 0 Å². The number of carbonyl (C=O) groups is 1. The maximum absolute atomic E-state index is 12.5. The Labute approximate surface area is 136 Å². The van der Waals surface area contributed by atoms with Crippen molar-refractivity contribution in [3.63, 3.8) is 0 Å². The van der Waals surface area contributed by atoms with Crippen LogP contribution in [0.4, 0.5) is 18.0 Å². The Morgan fingerprint density at radius 2 is 1.83 bits per heavy atom. The molecular weight excluding hydrogens is 325 g/mol. The van der Waals surface area contributed by atoms with Crippen molar-refractivity contribution in [2.75, 3.05) is 6.54 Å². The lowest BCUT2D eigenvalue weighted by Crippen LogP contribution is -2.43. The minimum absolute atomic E-state index is 0.0624. The number of urea groups is 1. The van der Waals surface area contributed by atoms with E-state index in [1.165, 1.54) is 25.3 Å². The van der Waals surface area contributed by atoms with Gasteiger partial charge in [0.25, 0.3) is 0 Å². The van der Waals surface area contributed by atoms with Gasteiger partial charge in [-0.2, -0.15) is 13.2 Å². The summed E-state index contributed by atoms with van der Waals surface area (Å²) >= 11 is 0. The second kappa shape index (κ2) is 6.96. The summed E-state index contributed by atoms with van der Waals surface area (Å²) in [4.78, 5) is 11.7. The van der Waals surface area contributed by atoms with Crippen LogP contribution in [0.1, 0.15) is 23.8 Å². The van der Waals surface area contributed by atoms with Gasteiger partial charge in [0.05, 0.1) is 18.4 Å². The zero-order chi connectivity index (χ0) is 17.8. The third-order valence-corrected chi connectivity index (χ3v) is 3.38. The molecule has 3 N–H and O–H groups in total. The summed E-state index contributed by atoms with van der Waals surface area (Å²) in [6, 6.07) is 7.15. The van der Waals surface area contributed by atoms with Gasteiger partial charge in [-0.15, -0.1) is 0 Å². The molecule has 0 radical (unpaired) electrons. The molecule has 24 heavy (non-hydrogen) atoms. The minimum Gasteiger partial charge on any atom is -0.466 e. The summed E-state index contributed by atoms with van der Waals surface area (Å²) in [6.45, 7) is 1.47. The van der Waals surface area contributed by atoms with Crippen molar-refractivity contribution in [3.05, 3.63) is 59.5 Å². The SMILES string of the molecule is CC(O)(CNC(=O)NCc1ccc(C(F)(F)F)cc1)c1ccco1. The topological polar surface area (TPSA) is 74.5 Å². The van der Waals surface area contributed by atoms with Gasteiger partial charge < -0.3 is 20.2 Å². The molecule has 0 aliphatic carbocycles. The monoisotopic (exact) mass is 342 g/mol. The van der Waals surface area contributed by atoms with Crippen molar-refractivity contribution < 1.29 is 27.5 Å². The van der Waals surface area contributed by atoms with Crippen LogP contribution in [0.15, 0.2) is 47.1 Å². The van der Waals surface area contributed by atoms with Crippen LogP contribution in [-0.2, 0) is 18.3 Å². The molecule has 0 bridgehead atoms. The van der Waals surface area contributed by atoms with Crippen molar-refractivity contribution in [2.45, 2.75) is 25.2 Å². The molecule has 1 aromatic carbocycles. The highest BCUT2D eigenvalue weighted by Crippen LogP contribution is 2.29. The molecule has 0 saturated carbocycles. The Kier molecular flexibility index (Phi) is 5.18. The van der Waals surface area contributed by atoms with Gasteiger partial charge in [0, 0.05) is 6.54 Å². The molecular formula is C16H17F3N2O3. The quantitative estimate of drug-likeness (QED) is 0.782. The van der Waals surface area contributed by atoms with E-state index in [0.717, 1.165) is 12.1 Å². The number of benzene rings is 1. The van der Waals surface area contributed by atoms with Crippen LogP contribution in [0.25, 0.3) is 0 Å². The first-order valence-electron chi connectivity index (χ1n) is 7.13. The number of hydrogen-bond acceptors (Lipinski definition) is 3. The Bertz CT molecular complexity index is 665. The molecule has 1 unspecified atom stereocenters. The van der Waals surface area contributed by atoms with Gasteiger partial charge in [0.1, 0.15) is 11.4 Å². The third-order valence-electron chi connectivity index (χ3n) is 3.38. The first-order chi connectivity index (χ1) is 11.2. The van der Waals surface area contributed by atoms with E-state index in [4.69, 9.17) is 4.42 Å². The van der Waals surface area contributed by atoms with E-state index in [-0.39, 0.29) is 13.1 Å². The van der Waals surface area contributed by atoms with Crippen molar-refractivity contribution >= 4 is 6.03 Å².